The Morgan fingerprint density at radius 1 is 1.28 bits per heavy atom. The number of amides is 1. The van der Waals surface area contributed by atoms with Crippen molar-refractivity contribution in [3.05, 3.63) is 59.9 Å². The fourth-order valence-corrected chi connectivity index (χ4v) is 3.37. The van der Waals surface area contributed by atoms with Gasteiger partial charge >= 0.3 is 0 Å². The van der Waals surface area contributed by atoms with Crippen LogP contribution in [0.15, 0.2) is 48.7 Å². The third kappa shape index (κ3) is 3.76. The smallest absolute Gasteiger partial charge is 0.280 e. The van der Waals surface area contributed by atoms with Crippen LogP contribution in [0.2, 0.25) is 0 Å². The minimum absolute atomic E-state index is 0.104. The molecule has 1 atom stereocenters. The molecule has 150 valence electrons. The van der Waals surface area contributed by atoms with E-state index in [0.29, 0.717) is 23.8 Å². The SMILES string of the molecule is CCOc1cc2c(cc1NC(=O)c1nn(-c3ccccc3)cc1OC)O[C@@H](C)C2. The van der Waals surface area contributed by atoms with Gasteiger partial charge in [0.05, 0.1) is 31.3 Å². The quantitative estimate of drug-likeness (QED) is 0.688. The molecule has 2 heterocycles. The molecule has 7 heteroatoms. The summed E-state index contributed by atoms with van der Waals surface area (Å²) in [7, 11) is 1.51. The van der Waals surface area contributed by atoms with Gasteiger partial charge in [-0.05, 0) is 32.0 Å². The number of methoxy groups -OCH3 is 1. The Morgan fingerprint density at radius 2 is 2.07 bits per heavy atom. The largest absolute Gasteiger partial charge is 0.493 e. The maximum absolute atomic E-state index is 13.0. The minimum Gasteiger partial charge on any atom is -0.493 e. The number of para-hydroxylation sites is 1. The van der Waals surface area contributed by atoms with Gasteiger partial charge in [0, 0.05) is 18.1 Å². The fourth-order valence-electron chi connectivity index (χ4n) is 3.37. The Labute approximate surface area is 169 Å². The summed E-state index contributed by atoms with van der Waals surface area (Å²) in [6.07, 6.45) is 2.60. The average molecular weight is 393 g/mol. The first-order valence-electron chi connectivity index (χ1n) is 9.55. The third-order valence-corrected chi connectivity index (χ3v) is 4.68. The minimum atomic E-state index is -0.386. The van der Waals surface area contributed by atoms with Crippen molar-refractivity contribution in [1.82, 2.24) is 9.78 Å². The predicted octanol–water partition coefficient (Wildman–Crippen LogP) is 3.86. The van der Waals surface area contributed by atoms with Crippen molar-refractivity contribution in [2.45, 2.75) is 26.4 Å². The highest BCUT2D eigenvalue weighted by Gasteiger charge is 2.24. The normalized spacial score (nSPS) is 14.8. The maximum atomic E-state index is 13.0. The molecular formula is C22H23N3O4. The van der Waals surface area contributed by atoms with E-state index in [4.69, 9.17) is 14.2 Å². The predicted molar refractivity (Wildman–Crippen MR) is 109 cm³/mol. The lowest BCUT2D eigenvalue weighted by atomic mass is 10.1. The first-order valence-corrected chi connectivity index (χ1v) is 9.55. The average Bonchev–Trinajstić information content (AvgIpc) is 3.31. The van der Waals surface area contributed by atoms with Crippen LogP contribution >= 0.6 is 0 Å². The van der Waals surface area contributed by atoms with E-state index >= 15 is 0 Å². The maximum Gasteiger partial charge on any atom is 0.280 e. The zero-order valence-electron chi connectivity index (χ0n) is 16.6. The zero-order valence-corrected chi connectivity index (χ0v) is 16.6. The van der Waals surface area contributed by atoms with Gasteiger partial charge in [0.25, 0.3) is 5.91 Å². The number of hydrogen-bond donors (Lipinski definition) is 1. The van der Waals surface area contributed by atoms with Gasteiger partial charge in [-0.3, -0.25) is 4.79 Å². The topological polar surface area (TPSA) is 74.6 Å². The van der Waals surface area contributed by atoms with Crippen LogP contribution in [0, 0.1) is 0 Å². The first kappa shape index (κ1) is 18.9. The van der Waals surface area contributed by atoms with Crippen molar-refractivity contribution in [3.63, 3.8) is 0 Å². The summed E-state index contributed by atoms with van der Waals surface area (Å²) in [6, 6.07) is 13.3. The van der Waals surface area contributed by atoms with Gasteiger partial charge in [0.2, 0.25) is 0 Å². The van der Waals surface area contributed by atoms with Crippen LogP contribution in [-0.4, -0.2) is 35.5 Å². The number of aromatic nitrogens is 2. The summed E-state index contributed by atoms with van der Waals surface area (Å²) in [5.41, 5.74) is 2.64. The Balaban J connectivity index is 1.65. The molecule has 2 aromatic carbocycles. The number of nitrogens with zero attached hydrogens (tertiary/aromatic N) is 2. The van der Waals surface area contributed by atoms with Gasteiger partial charge in [0.1, 0.15) is 17.6 Å². The molecule has 1 amide bonds. The molecule has 0 radical (unpaired) electrons. The van der Waals surface area contributed by atoms with E-state index in [0.717, 1.165) is 23.4 Å². The summed E-state index contributed by atoms with van der Waals surface area (Å²) < 4.78 is 18.5. The van der Waals surface area contributed by atoms with E-state index in [1.807, 2.05) is 56.3 Å². The summed E-state index contributed by atoms with van der Waals surface area (Å²) in [6.45, 7) is 4.41. The fraction of sp³-hybridized carbons (Fsp3) is 0.273. The van der Waals surface area contributed by atoms with Gasteiger partial charge < -0.3 is 19.5 Å². The molecule has 1 N–H and O–H groups in total. The molecule has 0 fully saturated rings. The van der Waals surface area contributed by atoms with Gasteiger partial charge in [-0.25, -0.2) is 4.68 Å². The molecule has 0 spiro atoms. The highest BCUT2D eigenvalue weighted by Crippen LogP contribution is 2.38. The molecule has 7 nitrogen and oxygen atoms in total. The molecule has 0 saturated carbocycles. The molecule has 0 aliphatic carbocycles. The highest BCUT2D eigenvalue weighted by molar-refractivity contribution is 6.05. The van der Waals surface area contributed by atoms with Crippen molar-refractivity contribution >= 4 is 11.6 Å². The molecule has 0 bridgehead atoms. The molecule has 29 heavy (non-hydrogen) atoms. The number of nitrogens with one attached hydrogen (secondary N) is 1. The van der Waals surface area contributed by atoms with Crippen molar-refractivity contribution in [2.75, 3.05) is 19.0 Å². The monoisotopic (exact) mass is 393 g/mol. The third-order valence-electron chi connectivity index (χ3n) is 4.68. The highest BCUT2D eigenvalue weighted by atomic mass is 16.5. The van der Waals surface area contributed by atoms with Crippen LogP contribution in [0.4, 0.5) is 5.69 Å². The van der Waals surface area contributed by atoms with E-state index in [9.17, 15) is 4.79 Å². The van der Waals surface area contributed by atoms with Gasteiger partial charge in [-0.2, -0.15) is 5.10 Å². The van der Waals surface area contributed by atoms with E-state index in [1.54, 1.807) is 10.9 Å². The van der Waals surface area contributed by atoms with E-state index in [1.165, 1.54) is 7.11 Å². The summed E-state index contributed by atoms with van der Waals surface area (Å²) in [5, 5.41) is 7.31. The first-order chi connectivity index (χ1) is 14.1. The molecule has 1 aliphatic rings. The number of hydrogen-bond acceptors (Lipinski definition) is 5. The summed E-state index contributed by atoms with van der Waals surface area (Å²) in [4.78, 5) is 13.0. The summed E-state index contributed by atoms with van der Waals surface area (Å²) >= 11 is 0. The Hall–Kier alpha value is -3.48. The van der Waals surface area contributed by atoms with Crippen LogP contribution in [0.1, 0.15) is 29.9 Å². The number of carbonyl (C=O) groups is 1. The molecule has 1 aliphatic heterocycles. The number of fused-ring (bicyclic) bond motifs is 1. The molecule has 1 aromatic heterocycles. The lowest BCUT2D eigenvalue weighted by Crippen LogP contribution is -2.15. The second-order valence-corrected chi connectivity index (χ2v) is 6.80. The molecule has 0 saturated heterocycles. The number of benzene rings is 2. The van der Waals surface area contributed by atoms with Crippen molar-refractivity contribution in [2.24, 2.45) is 0 Å². The standard InChI is InChI=1S/C22H23N3O4/c1-4-28-19-11-15-10-14(2)29-18(15)12-17(19)23-22(26)21-20(27-3)13-25(24-21)16-8-6-5-7-9-16/h5-9,11-14H,4,10H2,1-3H3,(H,23,26)/t14-/m0/s1. The molecule has 4 rings (SSSR count). The van der Waals surface area contributed by atoms with Crippen molar-refractivity contribution in [1.29, 1.82) is 0 Å². The van der Waals surface area contributed by atoms with E-state index < -0.39 is 0 Å². The van der Waals surface area contributed by atoms with Crippen LogP contribution in [0.5, 0.6) is 17.2 Å². The second kappa shape index (κ2) is 7.87. The van der Waals surface area contributed by atoms with Crippen LogP contribution < -0.4 is 19.5 Å². The van der Waals surface area contributed by atoms with Gasteiger partial charge in [-0.1, -0.05) is 18.2 Å². The Kier molecular flexibility index (Phi) is 5.12. The summed E-state index contributed by atoms with van der Waals surface area (Å²) in [5.74, 6) is 1.37. The zero-order chi connectivity index (χ0) is 20.4. The lowest BCUT2D eigenvalue weighted by molar-refractivity contribution is 0.101. The van der Waals surface area contributed by atoms with E-state index in [2.05, 4.69) is 10.4 Å². The number of anilines is 1. The lowest BCUT2D eigenvalue weighted by Gasteiger charge is -2.13. The number of rotatable bonds is 6. The van der Waals surface area contributed by atoms with Crippen molar-refractivity contribution in [3.8, 4) is 22.9 Å². The van der Waals surface area contributed by atoms with Crippen LogP contribution in [-0.2, 0) is 6.42 Å². The van der Waals surface area contributed by atoms with Crippen molar-refractivity contribution < 1.29 is 19.0 Å². The van der Waals surface area contributed by atoms with E-state index in [-0.39, 0.29) is 17.7 Å². The molecule has 0 unspecified atom stereocenters. The van der Waals surface area contributed by atoms with Crippen LogP contribution in [0.25, 0.3) is 5.69 Å². The van der Waals surface area contributed by atoms with Crippen LogP contribution in [0.3, 0.4) is 0 Å². The van der Waals surface area contributed by atoms with Gasteiger partial charge in [0.15, 0.2) is 11.4 Å². The Bertz CT molecular complexity index is 1030. The number of ether oxygens (including phenoxy) is 3. The molecular weight excluding hydrogens is 370 g/mol. The second-order valence-electron chi connectivity index (χ2n) is 6.80. The van der Waals surface area contributed by atoms with Gasteiger partial charge in [-0.15, -0.1) is 0 Å². The molecule has 3 aromatic rings. The number of carbonyl (C=O) groups excluding carboxylic acids is 1. The Morgan fingerprint density at radius 3 is 2.79 bits per heavy atom.